The Balaban J connectivity index is 1.55. The van der Waals surface area contributed by atoms with Crippen LogP contribution in [-0.2, 0) is 4.74 Å². The first-order valence-electron chi connectivity index (χ1n) is 12.9. The quantitative estimate of drug-likeness (QED) is 0.350. The van der Waals surface area contributed by atoms with Crippen molar-refractivity contribution in [3.63, 3.8) is 0 Å². The molecule has 0 unspecified atom stereocenters. The van der Waals surface area contributed by atoms with E-state index in [1.165, 1.54) is 6.20 Å². The molecule has 2 fully saturated rings. The lowest BCUT2D eigenvalue weighted by Crippen LogP contribution is -2.58. The van der Waals surface area contributed by atoms with Gasteiger partial charge in [-0.2, -0.15) is 0 Å². The van der Waals surface area contributed by atoms with Crippen molar-refractivity contribution in [3.8, 4) is 0 Å². The van der Waals surface area contributed by atoms with Crippen LogP contribution in [0.2, 0.25) is 0 Å². The van der Waals surface area contributed by atoms with Crippen molar-refractivity contribution in [2.24, 2.45) is 4.99 Å². The Labute approximate surface area is 222 Å². The number of aromatic nitrogens is 1. The van der Waals surface area contributed by atoms with Crippen LogP contribution in [0.5, 0.6) is 0 Å². The summed E-state index contributed by atoms with van der Waals surface area (Å²) in [6, 6.07) is 19.4. The summed E-state index contributed by atoms with van der Waals surface area (Å²) in [6.45, 7) is 6.73. The van der Waals surface area contributed by atoms with Gasteiger partial charge >= 0.3 is 6.09 Å². The average molecular weight is 519 g/mol. The molecule has 1 aliphatic carbocycles. The van der Waals surface area contributed by atoms with Gasteiger partial charge in [0.1, 0.15) is 11.3 Å². The van der Waals surface area contributed by atoms with Gasteiger partial charge in [0.2, 0.25) is 0 Å². The van der Waals surface area contributed by atoms with E-state index >= 15 is 0 Å². The summed E-state index contributed by atoms with van der Waals surface area (Å²) >= 11 is 0. The van der Waals surface area contributed by atoms with Crippen molar-refractivity contribution >= 4 is 23.2 Å². The Hall–Kier alpha value is -3.81. The molecule has 5 rings (SSSR count). The molecule has 198 valence electrons. The number of halogens is 2. The lowest BCUT2D eigenvalue weighted by Gasteiger charge is -2.44. The highest BCUT2D eigenvalue weighted by Gasteiger charge is 2.54. The summed E-state index contributed by atoms with van der Waals surface area (Å²) in [5, 5.41) is 0. The maximum Gasteiger partial charge on any atom is 0.410 e. The van der Waals surface area contributed by atoms with Crippen molar-refractivity contribution in [3.05, 3.63) is 89.7 Å². The number of hydrogen-bond acceptors (Lipinski definition) is 5. The van der Waals surface area contributed by atoms with Crippen LogP contribution in [0, 0.1) is 0 Å². The van der Waals surface area contributed by atoms with Gasteiger partial charge in [-0.25, -0.2) is 18.6 Å². The van der Waals surface area contributed by atoms with Gasteiger partial charge in [0.05, 0.1) is 28.7 Å². The number of nitrogens with zero attached hydrogens (tertiary/aromatic N) is 4. The lowest BCUT2D eigenvalue weighted by molar-refractivity contribution is 0.0106. The Bertz CT molecular complexity index is 1280. The summed E-state index contributed by atoms with van der Waals surface area (Å²) < 4.78 is 34.3. The zero-order valence-electron chi connectivity index (χ0n) is 21.9. The number of carbonyl (C=O) groups excluding carboxylic acids is 1. The van der Waals surface area contributed by atoms with Gasteiger partial charge in [-0.05, 0) is 33.6 Å². The van der Waals surface area contributed by atoms with E-state index in [1.807, 2.05) is 86.3 Å². The second kappa shape index (κ2) is 10.2. The highest BCUT2D eigenvalue weighted by Crippen LogP contribution is 2.48. The third-order valence-corrected chi connectivity index (χ3v) is 6.90. The highest BCUT2D eigenvalue weighted by molar-refractivity contribution is 6.14. The summed E-state index contributed by atoms with van der Waals surface area (Å²) in [7, 11) is 0. The Kier molecular flexibility index (Phi) is 6.90. The molecule has 38 heavy (non-hydrogen) atoms. The van der Waals surface area contributed by atoms with Crippen LogP contribution in [0.1, 0.15) is 56.7 Å². The van der Waals surface area contributed by atoms with Crippen LogP contribution in [0.4, 0.5) is 25.0 Å². The first kappa shape index (κ1) is 25.8. The number of carbonyl (C=O) groups is 1. The van der Waals surface area contributed by atoms with Gasteiger partial charge in [-0.15, -0.1) is 0 Å². The Morgan fingerprint density at radius 3 is 2.11 bits per heavy atom. The SMILES string of the molecule is CC(C)(C)OC(=O)N1CCN(c2c(N=C(c3ccccc3)c3ccccc3)cncc2C(F)F)CC12CC2. The number of piperazine rings is 1. The fourth-order valence-electron chi connectivity index (χ4n) is 5.00. The maximum atomic E-state index is 14.3. The third kappa shape index (κ3) is 5.39. The lowest BCUT2D eigenvalue weighted by atomic mass is 10.0. The fourth-order valence-corrected chi connectivity index (χ4v) is 5.00. The minimum absolute atomic E-state index is 0.159. The standard InChI is InChI=1S/C30H32F2N4O2/c1-29(2,3)38-28(37)36-17-16-35(20-30(36)14-15-30)26-23(27(31)32)18-33-19-24(26)34-25(21-10-6-4-7-11-21)22-12-8-5-9-13-22/h4-13,18-19,27H,14-17,20H2,1-3H3. The first-order chi connectivity index (χ1) is 18.2. The number of ether oxygens (including phenoxy) is 1. The molecule has 0 radical (unpaired) electrons. The molecular formula is C30H32F2N4O2. The molecule has 1 amide bonds. The van der Waals surface area contributed by atoms with E-state index in [2.05, 4.69) is 4.98 Å². The van der Waals surface area contributed by atoms with E-state index in [9.17, 15) is 13.6 Å². The monoisotopic (exact) mass is 518 g/mol. The van der Waals surface area contributed by atoms with Gasteiger partial charge in [0, 0.05) is 37.0 Å². The first-order valence-corrected chi connectivity index (χ1v) is 12.9. The summed E-state index contributed by atoms with van der Waals surface area (Å²) in [6.07, 6.45) is 1.30. The molecule has 6 nitrogen and oxygen atoms in total. The van der Waals surface area contributed by atoms with Gasteiger partial charge in [0.15, 0.2) is 0 Å². The molecule has 1 saturated heterocycles. The number of alkyl halides is 2. The Morgan fingerprint density at radius 1 is 0.974 bits per heavy atom. The fraction of sp³-hybridized carbons (Fsp3) is 0.367. The summed E-state index contributed by atoms with van der Waals surface area (Å²) in [5.41, 5.74) is 1.99. The van der Waals surface area contributed by atoms with E-state index in [1.54, 1.807) is 11.1 Å². The molecule has 2 heterocycles. The van der Waals surface area contributed by atoms with Crippen molar-refractivity contribution < 1.29 is 18.3 Å². The van der Waals surface area contributed by atoms with Crippen LogP contribution in [0.3, 0.4) is 0 Å². The third-order valence-electron chi connectivity index (χ3n) is 6.90. The second-order valence-corrected chi connectivity index (χ2v) is 10.9. The maximum absolute atomic E-state index is 14.3. The molecule has 2 aromatic carbocycles. The minimum Gasteiger partial charge on any atom is -0.444 e. The van der Waals surface area contributed by atoms with Gasteiger partial charge in [-0.1, -0.05) is 60.7 Å². The van der Waals surface area contributed by atoms with Crippen molar-refractivity contribution in [1.82, 2.24) is 9.88 Å². The number of rotatable bonds is 5. The minimum atomic E-state index is -2.72. The predicted octanol–water partition coefficient (Wildman–Crippen LogP) is 6.78. The number of hydrogen-bond donors (Lipinski definition) is 0. The Morgan fingerprint density at radius 2 is 1.58 bits per heavy atom. The van der Waals surface area contributed by atoms with E-state index < -0.39 is 17.6 Å². The summed E-state index contributed by atoms with van der Waals surface area (Å²) in [5.74, 6) is 0. The smallest absolute Gasteiger partial charge is 0.410 e. The zero-order chi connectivity index (χ0) is 26.9. The topological polar surface area (TPSA) is 58.0 Å². The number of aliphatic imine (C=N–C) groups is 1. The van der Waals surface area contributed by atoms with Crippen molar-refractivity contribution in [1.29, 1.82) is 0 Å². The highest BCUT2D eigenvalue weighted by atomic mass is 19.3. The molecule has 1 spiro atoms. The van der Waals surface area contributed by atoms with Crippen molar-refractivity contribution in [2.45, 2.75) is 51.2 Å². The number of benzene rings is 2. The van der Waals surface area contributed by atoms with Crippen LogP contribution < -0.4 is 4.90 Å². The van der Waals surface area contributed by atoms with Crippen molar-refractivity contribution in [2.75, 3.05) is 24.5 Å². The number of anilines is 1. The summed E-state index contributed by atoms with van der Waals surface area (Å²) in [4.78, 5) is 25.8. The van der Waals surface area contributed by atoms with E-state index in [0.29, 0.717) is 36.7 Å². The molecule has 0 N–H and O–H groups in total. The molecule has 8 heteroatoms. The van der Waals surface area contributed by atoms with Crippen LogP contribution in [-0.4, -0.2) is 52.5 Å². The van der Waals surface area contributed by atoms with E-state index in [-0.39, 0.29) is 11.7 Å². The molecular weight excluding hydrogens is 486 g/mol. The zero-order valence-corrected chi connectivity index (χ0v) is 21.9. The van der Waals surface area contributed by atoms with Gasteiger partial charge in [0.25, 0.3) is 6.43 Å². The molecule has 2 aliphatic rings. The number of amides is 1. The van der Waals surface area contributed by atoms with Crippen LogP contribution >= 0.6 is 0 Å². The largest absolute Gasteiger partial charge is 0.444 e. The molecule has 1 aliphatic heterocycles. The van der Waals surface area contributed by atoms with Gasteiger partial charge in [-0.3, -0.25) is 9.88 Å². The molecule has 3 aromatic rings. The average Bonchev–Trinajstić information content (AvgIpc) is 3.65. The van der Waals surface area contributed by atoms with E-state index in [4.69, 9.17) is 9.73 Å². The van der Waals surface area contributed by atoms with E-state index in [0.717, 1.165) is 24.0 Å². The number of pyridine rings is 1. The molecule has 0 bridgehead atoms. The molecule has 1 aromatic heterocycles. The molecule has 0 atom stereocenters. The van der Waals surface area contributed by atoms with Crippen LogP contribution in [0.15, 0.2) is 78.0 Å². The predicted molar refractivity (Wildman–Crippen MR) is 144 cm³/mol. The van der Waals surface area contributed by atoms with Gasteiger partial charge < -0.3 is 9.64 Å². The normalized spacial score (nSPS) is 16.5. The second-order valence-electron chi connectivity index (χ2n) is 10.9. The molecule has 1 saturated carbocycles. The van der Waals surface area contributed by atoms with Crippen LogP contribution in [0.25, 0.3) is 0 Å².